The van der Waals surface area contributed by atoms with Gasteiger partial charge in [0.15, 0.2) is 0 Å². The van der Waals surface area contributed by atoms with Crippen molar-refractivity contribution in [1.82, 2.24) is 0 Å². The maximum Gasteiger partial charge on any atom is 1.00 e. The van der Waals surface area contributed by atoms with E-state index in [9.17, 15) is 25.2 Å². The summed E-state index contributed by atoms with van der Waals surface area (Å²) in [6, 6.07) is 0. The van der Waals surface area contributed by atoms with Crippen LogP contribution in [0.25, 0.3) is 0 Å². The number of aliphatic hydroxyl groups is 3. The van der Waals surface area contributed by atoms with E-state index in [1.165, 1.54) is 0 Å². The van der Waals surface area contributed by atoms with E-state index in [1.807, 2.05) is 0 Å². The molecule has 1 aliphatic carbocycles. The molecular weight excluding hydrogens is 233 g/mol. The summed E-state index contributed by atoms with van der Waals surface area (Å²) in [4.78, 5) is 10.5. The minimum Gasteiger partial charge on any atom is -0.547 e. The van der Waals surface area contributed by atoms with E-state index in [4.69, 9.17) is 5.21 Å². The molecule has 4 N–H and O–H groups in total. The van der Waals surface area contributed by atoms with Gasteiger partial charge in [0.1, 0.15) is 11.7 Å². The largest absolute Gasteiger partial charge is 1.00 e. The number of carboxylic acid groups (broad SMARTS) is 1. The van der Waals surface area contributed by atoms with Crippen molar-refractivity contribution >= 4 is 11.7 Å². The Labute approximate surface area is 128 Å². The van der Waals surface area contributed by atoms with Crippen LogP contribution in [0, 0.1) is 0 Å². The molecule has 0 aromatic carbocycles. The van der Waals surface area contributed by atoms with Crippen molar-refractivity contribution in [3.63, 3.8) is 0 Å². The van der Waals surface area contributed by atoms with Gasteiger partial charge in [-0.2, -0.15) is 0 Å². The first kappa shape index (κ1) is 15.5. The van der Waals surface area contributed by atoms with Crippen molar-refractivity contribution in [3.8, 4) is 0 Å². The van der Waals surface area contributed by atoms with Gasteiger partial charge in [-0.1, -0.05) is 5.16 Å². The molecule has 0 saturated heterocycles. The molecule has 80 valence electrons. The molecule has 3 atom stereocenters. The second-order valence-electron chi connectivity index (χ2n) is 3.30. The third-order valence-electron chi connectivity index (χ3n) is 2.23. The molecular formula is C7H10KNO6. The Morgan fingerprint density at radius 1 is 1.53 bits per heavy atom. The fraction of sp³-hybridized carbons (Fsp3) is 0.714. The molecule has 1 rings (SSSR count). The summed E-state index contributed by atoms with van der Waals surface area (Å²) in [6.07, 6.45) is -4.07. The molecule has 1 fully saturated rings. The number of oxime groups is 1. The van der Waals surface area contributed by atoms with Gasteiger partial charge in [0.25, 0.3) is 0 Å². The summed E-state index contributed by atoms with van der Waals surface area (Å²) >= 11 is 0. The third kappa shape index (κ3) is 3.20. The van der Waals surface area contributed by atoms with Crippen LogP contribution in [0.5, 0.6) is 0 Å². The first-order valence-corrected chi connectivity index (χ1v) is 3.91. The monoisotopic (exact) mass is 243 g/mol. The Morgan fingerprint density at radius 2 is 2.07 bits per heavy atom. The number of carbonyl (C=O) groups excluding carboxylic acids is 1. The quantitative estimate of drug-likeness (QED) is 0.206. The van der Waals surface area contributed by atoms with Gasteiger partial charge in [-0.3, -0.25) is 0 Å². The summed E-state index contributed by atoms with van der Waals surface area (Å²) in [6.45, 7) is 0. The fourth-order valence-corrected chi connectivity index (χ4v) is 1.41. The van der Waals surface area contributed by atoms with Gasteiger partial charge in [-0.25, -0.2) is 0 Å². The zero-order valence-corrected chi connectivity index (χ0v) is 11.2. The van der Waals surface area contributed by atoms with E-state index >= 15 is 0 Å². The summed E-state index contributed by atoms with van der Waals surface area (Å²) in [5.41, 5.74) is -2.67. The first-order valence-electron chi connectivity index (χ1n) is 3.91. The van der Waals surface area contributed by atoms with Gasteiger partial charge in [0.05, 0.1) is 17.8 Å². The van der Waals surface area contributed by atoms with Crippen LogP contribution < -0.4 is 56.5 Å². The summed E-state index contributed by atoms with van der Waals surface area (Å²) in [5, 5.41) is 49.3. The molecule has 0 aliphatic heterocycles. The average molecular weight is 243 g/mol. The number of hydrogen-bond acceptors (Lipinski definition) is 7. The standard InChI is InChI=1S/C7H11NO6.K/c9-4-2-7(13,6(11)12)1-3(8-14)5(4)10;/h4-5,9-10,13-14H,1-2H2,(H,11,12);/q;+1/p-1/b8-3-;/t4-,5-,7+;/m1./s1. The van der Waals surface area contributed by atoms with Crippen LogP contribution in [0.3, 0.4) is 0 Å². The minimum absolute atomic E-state index is 0. The van der Waals surface area contributed by atoms with Crippen LogP contribution in [0.1, 0.15) is 12.8 Å². The Hall–Kier alpha value is 0.456. The van der Waals surface area contributed by atoms with Crippen LogP contribution in [0.4, 0.5) is 0 Å². The average Bonchev–Trinajstić information content (AvgIpc) is 2.11. The Balaban J connectivity index is 0.00000196. The van der Waals surface area contributed by atoms with Crippen molar-refractivity contribution in [3.05, 3.63) is 0 Å². The predicted molar refractivity (Wildman–Crippen MR) is 40.4 cm³/mol. The van der Waals surface area contributed by atoms with E-state index in [1.54, 1.807) is 0 Å². The summed E-state index contributed by atoms with van der Waals surface area (Å²) in [5.74, 6) is -1.77. The van der Waals surface area contributed by atoms with Crippen LogP contribution in [0.2, 0.25) is 0 Å². The van der Waals surface area contributed by atoms with Gasteiger partial charge in [0, 0.05) is 12.8 Å². The second-order valence-corrected chi connectivity index (χ2v) is 3.30. The van der Waals surface area contributed by atoms with Crippen molar-refractivity contribution in [2.45, 2.75) is 30.7 Å². The summed E-state index contributed by atoms with van der Waals surface area (Å²) < 4.78 is 0. The van der Waals surface area contributed by atoms with Crippen LogP contribution >= 0.6 is 0 Å². The van der Waals surface area contributed by atoms with E-state index in [0.717, 1.165) is 0 Å². The fourth-order valence-electron chi connectivity index (χ4n) is 1.41. The van der Waals surface area contributed by atoms with Crippen molar-refractivity contribution in [1.29, 1.82) is 0 Å². The molecule has 0 bridgehead atoms. The Kier molecular flexibility index (Phi) is 5.86. The topological polar surface area (TPSA) is 133 Å². The number of hydrogen-bond donors (Lipinski definition) is 4. The second kappa shape index (κ2) is 5.69. The molecule has 0 amide bonds. The van der Waals surface area contributed by atoms with Gasteiger partial charge in [-0.05, 0) is 0 Å². The molecule has 15 heavy (non-hydrogen) atoms. The number of aliphatic hydroxyl groups excluding tert-OH is 2. The minimum atomic E-state index is -2.29. The van der Waals surface area contributed by atoms with Crippen molar-refractivity contribution in [2.75, 3.05) is 0 Å². The number of rotatable bonds is 1. The molecule has 8 heteroatoms. The maximum absolute atomic E-state index is 10.5. The smallest absolute Gasteiger partial charge is 0.547 e. The maximum atomic E-state index is 10.5. The van der Waals surface area contributed by atoms with Gasteiger partial charge < -0.3 is 30.4 Å². The number of carboxylic acids is 1. The predicted octanol–water partition coefficient (Wildman–Crippen LogP) is -6.18. The van der Waals surface area contributed by atoms with Gasteiger partial charge >= 0.3 is 51.4 Å². The van der Waals surface area contributed by atoms with Crippen LogP contribution in [-0.2, 0) is 4.79 Å². The molecule has 0 aromatic heterocycles. The number of aliphatic carboxylic acids is 1. The van der Waals surface area contributed by atoms with Crippen molar-refractivity contribution in [2.24, 2.45) is 5.16 Å². The number of nitrogens with zero attached hydrogens (tertiary/aromatic N) is 1. The first-order chi connectivity index (χ1) is 6.40. The van der Waals surface area contributed by atoms with Crippen molar-refractivity contribution < 1.29 is 81.8 Å². The Bertz CT molecular complexity index is 283. The Morgan fingerprint density at radius 3 is 2.47 bits per heavy atom. The SMILES string of the molecule is O=C([O-])[C@]1(O)C/C(=N/O)[C@@H](O)[C@H](O)C1.[K+]. The van der Waals surface area contributed by atoms with E-state index in [0.29, 0.717) is 0 Å². The molecule has 1 aliphatic rings. The zero-order valence-electron chi connectivity index (χ0n) is 8.12. The van der Waals surface area contributed by atoms with Gasteiger partial charge in [0.2, 0.25) is 0 Å². The molecule has 0 unspecified atom stereocenters. The van der Waals surface area contributed by atoms with Crippen LogP contribution in [0.15, 0.2) is 5.16 Å². The molecule has 1 saturated carbocycles. The molecule has 0 aromatic rings. The third-order valence-corrected chi connectivity index (χ3v) is 2.23. The van der Waals surface area contributed by atoms with Gasteiger partial charge in [-0.15, -0.1) is 0 Å². The van der Waals surface area contributed by atoms with E-state index < -0.39 is 36.6 Å². The molecule has 7 nitrogen and oxygen atoms in total. The molecule has 0 radical (unpaired) electrons. The van der Waals surface area contributed by atoms with E-state index in [-0.39, 0.29) is 57.1 Å². The zero-order chi connectivity index (χ0) is 10.9. The molecule has 0 spiro atoms. The number of carbonyl (C=O) groups is 1. The summed E-state index contributed by atoms with van der Waals surface area (Å²) in [7, 11) is 0. The van der Waals surface area contributed by atoms with E-state index in [2.05, 4.69) is 5.16 Å². The normalized spacial score (nSPS) is 38.5. The molecule has 0 heterocycles. The van der Waals surface area contributed by atoms with Crippen LogP contribution in [-0.4, -0.2) is 50.0 Å².